The molecule has 1 aliphatic rings. The van der Waals surface area contributed by atoms with E-state index in [1.54, 1.807) is 7.11 Å². The molecule has 1 amide bonds. The maximum Gasteiger partial charge on any atom is 0.223 e. The van der Waals surface area contributed by atoms with Gasteiger partial charge in [-0.25, -0.2) is 0 Å². The molecular formula is C20H30N2O4. The molecule has 0 aliphatic carbocycles. The molecule has 0 unspecified atom stereocenters. The van der Waals surface area contributed by atoms with Crippen molar-refractivity contribution < 1.29 is 19.1 Å². The van der Waals surface area contributed by atoms with Gasteiger partial charge in [-0.05, 0) is 37.1 Å². The molecule has 1 aromatic rings. The molecule has 1 aromatic carbocycles. The predicted octanol–water partition coefficient (Wildman–Crippen LogP) is 2.27. The number of hydrogen-bond donors (Lipinski definition) is 1. The van der Waals surface area contributed by atoms with Crippen molar-refractivity contribution in [2.24, 2.45) is 5.92 Å². The fourth-order valence-corrected chi connectivity index (χ4v) is 3.10. The van der Waals surface area contributed by atoms with E-state index in [0.717, 1.165) is 37.2 Å². The highest BCUT2D eigenvalue weighted by Gasteiger charge is 2.24. The average Bonchev–Trinajstić information content (AvgIpc) is 2.70. The summed E-state index contributed by atoms with van der Waals surface area (Å²) in [5.41, 5.74) is 1.88. The lowest BCUT2D eigenvalue weighted by Gasteiger charge is -2.33. The van der Waals surface area contributed by atoms with Crippen LogP contribution in [0.25, 0.3) is 0 Å². The number of amides is 1. The molecule has 0 saturated carbocycles. The van der Waals surface area contributed by atoms with Gasteiger partial charge in [-0.1, -0.05) is 6.92 Å². The molecule has 144 valence electrons. The zero-order valence-electron chi connectivity index (χ0n) is 15.8. The van der Waals surface area contributed by atoms with Gasteiger partial charge >= 0.3 is 0 Å². The molecule has 0 atom stereocenters. The van der Waals surface area contributed by atoms with Crippen LogP contribution in [0.4, 0.5) is 5.69 Å². The molecule has 0 bridgehead atoms. The van der Waals surface area contributed by atoms with E-state index in [-0.39, 0.29) is 17.6 Å². The number of Topliss-reactive ketones (excluding diaryl/α,β-unsaturated/α-hetero) is 1. The van der Waals surface area contributed by atoms with Crippen molar-refractivity contribution in [2.45, 2.75) is 26.2 Å². The molecule has 1 saturated heterocycles. The molecule has 1 heterocycles. The summed E-state index contributed by atoms with van der Waals surface area (Å²) in [6.45, 7) is 5.74. The van der Waals surface area contributed by atoms with Gasteiger partial charge in [0.15, 0.2) is 5.78 Å². The van der Waals surface area contributed by atoms with Gasteiger partial charge in [0, 0.05) is 50.3 Å². The number of nitrogens with one attached hydrogen (secondary N) is 1. The highest BCUT2D eigenvalue weighted by Crippen LogP contribution is 2.24. The molecule has 0 radical (unpaired) electrons. The zero-order valence-corrected chi connectivity index (χ0v) is 15.8. The van der Waals surface area contributed by atoms with Crippen LogP contribution in [0.3, 0.4) is 0 Å². The first-order chi connectivity index (χ1) is 12.7. The Morgan fingerprint density at radius 1 is 1.12 bits per heavy atom. The molecule has 1 fully saturated rings. The first-order valence-corrected chi connectivity index (χ1v) is 9.38. The standard InChI is InChI=1S/C20H30N2O4/c1-3-19(23)16-4-6-18(7-5-16)22-11-8-17(9-12-22)20(24)21-10-13-26-15-14-25-2/h4-7,17H,3,8-15H2,1-2H3,(H,21,24). The topological polar surface area (TPSA) is 67.9 Å². The van der Waals surface area contributed by atoms with E-state index in [9.17, 15) is 9.59 Å². The largest absolute Gasteiger partial charge is 0.382 e. The molecule has 6 nitrogen and oxygen atoms in total. The Bertz CT molecular complexity index is 566. The minimum absolute atomic E-state index is 0.0613. The SMILES string of the molecule is CCC(=O)c1ccc(N2CCC(C(=O)NCCOCCOC)CC2)cc1. The van der Waals surface area contributed by atoms with Crippen molar-refractivity contribution in [3.05, 3.63) is 29.8 Å². The third-order valence-electron chi connectivity index (χ3n) is 4.72. The summed E-state index contributed by atoms with van der Waals surface area (Å²) < 4.78 is 10.3. The number of nitrogens with zero attached hydrogens (tertiary/aromatic N) is 1. The summed E-state index contributed by atoms with van der Waals surface area (Å²) >= 11 is 0. The van der Waals surface area contributed by atoms with Crippen LogP contribution in [0.1, 0.15) is 36.5 Å². The quantitative estimate of drug-likeness (QED) is 0.511. The van der Waals surface area contributed by atoms with Gasteiger partial charge in [0.25, 0.3) is 0 Å². The highest BCUT2D eigenvalue weighted by molar-refractivity contribution is 5.96. The summed E-state index contributed by atoms with van der Waals surface area (Å²) in [6.07, 6.45) is 2.20. The first-order valence-electron chi connectivity index (χ1n) is 9.38. The molecule has 1 N–H and O–H groups in total. The van der Waals surface area contributed by atoms with Crippen LogP contribution in [0, 0.1) is 5.92 Å². The van der Waals surface area contributed by atoms with Gasteiger partial charge < -0.3 is 19.7 Å². The van der Waals surface area contributed by atoms with Crippen molar-refractivity contribution in [2.75, 3.05) is 51.5 Å². The number of methoxy groups -OCH3 is 1. The normalized spacial score (nSPS) is 15.1. The van der Waals surface area contributed by atoms with Crippen LogP contribution in [0.15, 0.2) is 24.3 Å². The maximum atomic E-state index is 12.2. The van der Waals surface area contributed by atoms with Gasteiger partial charge in [0.2, 0.25) is 5.91 Å². The van der Waals surface area contributed by atoms with Crippen molar-refractivity contribution >= 4 is 17.4 Å². The minimum atomic E-state index is 0.0613. The van der Waals surface area contributed by atoms with E-state index < -0.39 is 0 Å². The van der Waals surface area contributed by atoms with Gasteiger partial charge in [0.1, 0.15) is 0 Å². The zero-order chi connectivity index (χ0) is 18.8. The van der Waals surface area contributed by atoms with E-state index in [1.165, 1.54) is 0 Å². The lowest BCUT2D eigenvalue weighted by molar-refractivity contribution is -0.125. The van der Waals surface area contributed by atoms with Crippen LogP contribution >= 0.6 is 0 Å². The second kappa shape index (κ2) is 10.9. The summed E-state index contributed by atoms with van der Waals surface area (Å²) in [5.74, 6) is 0.341. The maximum absolute atomic E-state index is 12.2. The molecular weight excluding hydrogens is 332 g/mol. The van der Waals surface area contributed by atoms with Crippen molar-refractivity contribution in [3.63, 3.8) is 0 Å². The van der Waals surface area contributed by atoms with Gasteiger partial charge in [-0.2, -0.15) is 0 Å². The molecule has 0 spiro atoms. The van der Waals surface area contributed by atoms with E-state index in [2.05, 4.69) is 10.2 Å². The van der Waals surface area contributed by atoms with Crippen molar-refractivity contribution in [1.29, 1.82) is 0 Å². The second-order valence-electron chi connectivity index (χ2n) is 6.48. The van der Waals surface area contributed by atoms with E-state index >= 15 is 0 Å². The fourth-order valence-electron chi connectivity index (χ4n) is 3.10. The molecule has 26 heavy (non-hydrogen) atoms. The monoisotopic (exact) mass is 362 g/mol. The van der Waals surface area contributed by atoms with Crippen LogP contribution in [0.5, 0.6) is 0 Å². The second-order valence-corrected chi connectivity index (χ2v) is 6.48. The number of hydrogen-bond acceptors (Lipinski definition) is 5. The van der Waals surface area contributed by atoms with Crippen LogP contribution in [-0.4, -0.2) is 58.3 Å². The number of benzene rings is 1. The van der Waals surface area contributed by atoms with Crippen molar-refractivity contribution in [3.8, 4) is 0 Å². The smallest absolute Gasteiger partial charge is 0.223 e. The van der Waals surface area contributed by atoms with Gasteiger partial charge in [-0.15, -0.1) is 0 Å². The molecule has 6 heteroatoms. The van der Waals surface area contributed by atoms with E-state index in [4.69, 9.17) is 9.47 Å². The van der Waals surface area contributed by atoms with Gasteiger partial charge in [-0.3, -0.25) is 9.59 Å². The Morgan fingerprint density at radius 2 is 1.81 bits per heavy atom. The van der Waals surface area contributed by atoms with E-state index in [0.29, 0.717) is 32.8 Å². The van der Waals surface area contributed by atoms with Gasteiger partial charge in [0.05, 0.1) is 19.8 Å². The van der Waals surface area contributed by atoms with Crippen LogP contribution in [0.2, 0.25) is 0 Å². The number of anilines is 1. The number of carbonyl (C=O) groups excluding carboxylic acids is 2. The Hall–Kier alpha value is -1.92. The number of carbonyl (C=O) groups is 2. The summed E-state index contributed by atoms with van der Waals surface area (Å²) in [7, 11) is 1.64. The number of ether oxygens (including phenoxy) is 2. The summed E-state index contributed by atoms with van der Waals surface area (Å²) in [4.78, 5) is 26.2. The number of ketones is 1. The predicted molar refractivity (Wildman–Crippen MR) is 102 cm³/mol. The fraction of sp³-hybridized carbons (Fsp3) is 0.600. The number of piperidine rings is 1. The number of rotatable bonds is 10. The Morgan fingerprint density at radius 3 is 2.42 bits per heavy atom. The third-order valence-corrected chi connectivity index (χ3v) is 4.72. The summed E-state index contributed by atoms with van der Waals surface area (Å²) in [6, 6.07) is 7.79. The lowest BCUT2D eigenvalue weighted by Crippen LogP contribution is -2.41. The first kappa shape index (κ1) is 20.4. The van der Waals surface area contributed by atoms with Crippen molar-refractivity contribution in [1.82, 2.24) is 5.32 Å². The Balaban J connectivity index is 1.71. The lowest BCUT2D eigenvalue weighted by atomic mass is 9.95. The Labute approximate surface area is 155 Å². The molecule has 1 aliphatic heterocycles. The molecule has 2 rings (SSSR count). The summed E-state index contributed by atoms with van der Waals surface area (Å²) in [5, 5.41) is 2.95. The minimum Gasteiger partial charge on any atom is -0.382 e. The Kier molecular flexibility index (Phi) is 8.58. The molecule has 0 aromatic heterocycles. The van der Waals surface area contributed by atoms with Crippen LogP contribution in [-0.2, 0) is 14.3 Å². The van der Waals surface area contributed by atoms with Crippen LogP contribution < -0.4 is 10.2 Å². The highest BCUT2D eigenvalue weighted by atomic mass is 16.5. The third kappa shape index (κ3) is 6.11. The van der Waals surface area contributed by atoms with E-state index in [1.807, 2.05) is 31.2 Å². The average molecular weight is 362 g/mol.